The van der Waals surface area contributed by atoms with E-state index in [1.165, 1.54) is 0 Å². The van der Waals surface area contributed by atoms with Crippen molar-refractivity contribution in [1.29, 1.82) is 0 Å². The van der Waals surface area contributed by atoms with Gasteiger partial charge in [-0.3, -0.25) is 4.57 Å². The van der Waals surface area contributed by atoms with Crippen LogP contribution in [0.2, 0.25) is 0 Å². The molecule has 72 valence electrons. The minimum Gasteiger partial charge on any atom is -0.305 e. The molecule has 0 atom stereocenters. The predicted octanol–water partition coefficient (Wildman–Crippen LogP) is 2.13. The van der Waals surface area contributed by atoms with Crippen molar-refractivity contribution in [1.82, 2.24) is 9.55 Å². The first kappa shape index (κ1) is 8.81. The molecule has 0 aliphatic heterocycles. The highest BCUT2D eigenvalue weighted by molar-refractivity contribution is 5.79. The summed E-state index contributed by atoms with van der Waals surface area (Å²) < 4.78 is 1.58. The maximum atomic E-state index is 11.5. The number of fused-ring (bicyclic) bond motifs is 1. The molecule has 1 heterocycles. The zero-order valence-electron chi connectivity index (χ0n) is 8.29. The van der Waals surface area contributed by atoms with Crippen molar-refractivity contribution in [3.63, 3.8) is 0 Å². The molecule has 0 amide bonds. The molecule has 0 aliphatic carbocycles. The topological polar surface area (TPSA) is 37.8 Å². The lowest BCUT2D eigenvalue weighted by molar-refractivity contribution is 1.04. The number of H-pyrrole nitrogens is 1. The van der Waals surface area contributed by atoms with E-state index in [-0.39, 0.29) is 5.69 Å². The molecule has 0 saturated heterocycles. The lowest BCUT2D eigenvalue weighted by atomic mass is 10.2. The Hall–Kier alpha value is -1.77. The molecular formula is C11H12N2O. The molecule has 3 heteroatoms. The van der Waals surface area contributed by atoms with Gasteiger partial charge in [0.25, 0.3) is 0 Å². The number of hydrogen-bond acceptors (Lipinski definition) is 1. The third-order valence-corrected chi connectivity index (χ3v) is 2.22. The van der Waals surface area contributed by atoms with Gasteiger partial charge < -0.3 is 4.98 Å². The molecule has 1 N–H and O–H groups in total. The van der Waals surface area contributed by atoms with Gasteiger partial charge in [0.05, 0.1) is 11.0 Å². The molecule has 14 heavy (non-hydrogen) atoms. The number of allylic oxidation sites excluding steroid dienone is 1. The second-order valence-corrected chi connectivity index (χ2v) is 3.52. The monoisotopic (exact) mass is 188 g/mol. The maximum Gasteiger partial charge on any atom is 0.330 e. The number of aryl methyl sites for hydroxylation is 1. The first-order valence-corrected chi connectivity index (χ1v) is 4.47. The summed E-state index contributed by atoms with van der Waals surface area (Å²) in [5.74, 6) is 0. The van der Waals surface area contributed by atoms with E-state index in [2.05, 4.69) is 11.6 Å². The van der Waals surface area contributed by atoms with Crippen molar-refractivity contribution >= 4 is 16.7 Å². The summed E-state index contributed by atoms with van der Waals surface area (Å²) in [5, 5.41) is 0. The highest BCUT2D eigenvalue weighted by Gasteiger charge is 2.05. The van der Waals surface area contributed by atoms with Crippen LogP contribution < -0.4 is 5.69 Å². The maximum absolute atomic E-state index is 11.5. The van der Waals surface area contributed by atoms with E-state index < -0.39 is 0 Å². The largest absolute Gasteiger partial charge is 0.330 e. The fraction of sp³-hybridized carbons (Fsp3) is 0.182. The lowest BCUT2D eigenvalue weighted by Gasteiger charge is -2.00. The van der Waals surface area contributed by atoms with Gasteiger partial charge in [-0.2, -0.15) is 0 Å². The van der Waals surface area contributed by atoms with Gasteiger partial charge in [-0.15, -0.1) is 0 Å². The average Bonchev–Trinajstić information content (AvgIpc) is 2.39. The van der Waals surface area contributed by atoms with Gasteiger partial charge in [-0.1, -0.05) is 12.6 Å². The molecule has 2 aromatic rings. The molecular weight excluding hydrogens is 176 g/mol. The van der Waals surface area contributed by atoms with E-state index in [1.807, 2.05) is 32.0 Å². The van der Waals surface area contributed by atoms with Crippen LogP contribution in [0.1, 0.15) is 12.5 Å². The van der Waals surface area contributed by atoms with Crippen LogP contribution in [0.3, 0.4) is 0 Å². The molecule has 0 unspecified atom stereocenters. The van der Waals surface area contributed by atoms with E-state index in [1.54, 1.807) is 4.57 Å². The number of hydrogen-bond donors (Lipinski definition) is 1. The van der Waals surface area contributed by atoms with Gasteiger partial charge >= 0.3 is 5.69 Å². The highest BCUT2D eigenvalue weighted by atomic mass is 16.1. The molecule has 0 radical (unpaired) electrons. The minimum absolute atomic E-state index is 0.127. The number of aromatic amines is 1. The molecule has 0 saturated carbocycles. The van der Waals surface area contributed by atoms with Crippen LogP contribution in [-0.4, -0.2) is 9.55 Å². The molecule has 0 spiro atoms. The van der Waals surface area contributed by atoms with Gasteiger partial charge in [0, 0.05) is 5.70 Å². The Labute approximate surface area is 81.7 Å². The summed E-state index contributed by atoms with van der Waals surface area (Å²) in [6, 6.07) is 5.86. The number of aromatic nitrogens is 2. The third-order valence-electron chi connectivity index (χ3n) is 2.22. The normalized spacial score (nSPS) is 10.7. The molecule has 0 fully saturated rings. The van der Waals surface area contributed by atoms with E-state index in [0.29, 0.717) is 0 Å². The van der Waals surface area contributed by atoms with Crippen LogP contribution in [0.5, 0.6) is 0 Å². The van der Waals surface area contributed by atoms with Crippen molar-refractivity contribution < 1.29 is 0 Å². The summed E-state index contributed by atoms with van der Waals surface area (Å²) in [5.41, 5.74) is 3.47. The van der Waals surface area contributed by atoms with Crippen LogP contribution in [0.4, 0.5) is 0 Å². The Morgan fingerprint density at radius 1 is 1.50 bits per heavy atom. The third kappa shape index (κ3) is 1.18. The summed E-state index contributed by atoms with van der Waals surface area (Å²) in [6.45, 7) is 7.58. The van der Waals surface area contributed by atoms with Gasteiger partial charge in [0.1, 0.15) is 0 Å². The molecule has 0 bridgehead atoms. The number of benzene rings is 1. The molecule has 3 nitrogen and oxygen atoms in total. The number of nitrogens with one attached hydrogen (secondary N) is 1. The lowest BCUT2D eigenvalue weighted by Crippen LogP contribution is -2.13. The van der Waals surface area contributed by atoms with Gasteiger partial charge in [0.15, 0.2) is 0 Å². The first-order valence-electron chi connectivity index (χ1n) is 4.47. The minimum atomic E-state index is -0.127. The van der Waals surface area contributed by atoms with Crippen LogP contribution in [-0.2, 0) is 0 Å². The van der Waals surface area contributed by atoms with Crippen molar-refractivity contribution in [2.75, 3.05) is 0 Å². The fourth-order valence-corrected chi connectivity index (χ4v) is 1.60. The highest BCUT2D eigenvalue weighted by Crippen LogP contribution is 2.14. The van der Waals surface area contributed by atoms with Crippen molar-refractivity contribution in [2.45, 2.75) is 13.8 Å². The first-order chi connectivity index (χ1) is 6.59. The average molecular weight is 188 g/mol. The molecule has 2 rings (SSSR count). The van der Waals surface area contributed by atoms with Crippen molar-refractivity contribution in [3.8, 4) is 0 Å². The van der Waals surface area contributed by atoms with Crippen LogP contribution in [0, 0.1) is 6.92 Å². The zero-order valence-corrected chi connectivity index (χ0v) is 8.29. The Morgan fingerprint density at radius 2 is 2.21 bits per heavy atom. The second kappa shape index (κ2) is 2.87. The zero-order chi connectivity index (χ0) is 10.3. The number of nitrogens with zero attached hydrogens (tertiary/aromatic N) is 1. The van der Waals surface area contributed by atoms with Crippen LogP contribution in [0.25, 0.3) is 16.7 Å². The van der Waals surface area contributed by atoms with Crippen LogP contribution in [0.15, 0.2) is 29.6 Å². The van der Waals surface area contributed by atoms with E-state index >= 15 is 0 Å². The summed E-state index contributed by atoms with van der Waals surface area (Å²) in [6.07, 6.45) is 0. The van der Waals surface area contributed by atoms with Crippen LogP contribution >= 0.6 is 0 Å². The Morgan fingerprint density at radius 3 is 2.86 bits per heavy atom. The van der Waals surface area contributed by atoms with Gasteiger partial charge in [-0.05, 0) is 31.5 Å². The molecule has 1 aromatic carbocycles. The Bertz CT molecular complexity index is 560. The van der Waals surface area contributed by atoms with Gasteiger partial charge in [0.2, 0.25) is 0 Å². The fourth-order valence-electron chi connectivity index (χ4n) is 1.60. The summed E-state index contributed by atoms with van der Waals surface area (Å²) in [4.78, 5) is 14.3. The van der Waals surface area contributed by atoms with Crippen molar-refractivity contribution in [3.05, 3.63) is 40.8 Å². The van der Waals surface area contributed by atoms with E-state index in [4.69, 9.17) is 0 Å². The summed E-state index contributed by atoms with van der Waals surface area (Å²) in [7, 11) is 0. The smallest absolute Gasteiger partial charge is 0.305 e. The Balaban J connectivity index is 2.91. The van der Waals surface area contributed by atoms with Crippen molar-refractivity contribution in [2.24, 2.45) is 0 Å². The quantitative estimate of drug-likeness (QED) is 0.731. The molecule has 0 aliphatic rings. The Kier molecular flexibility index (Phi) is 1.81. The van der Waals surface area contributed by atoms with Gasteiger partial charge in [-0.25, -0.2) is 4.79 Å². The second-order valence-electron chi connectivity index (χ2n) is 3.52. The van der Waals surface area contributed by atoms with E-state index in [9.17, 15) is 4.79 Å². The summed E-state index contributed by atoms with van der Waals surface area (Å²) >= 11 is 0. The number of rotatable bonds is 1. The number of imidazole rings is 1. The standard InChI is InChI=1S/C11H12N2O/c1-7(2)13-10-5-4-8(3)6-9(10)12-11(13)14/h4-6H,1H2,2-3H3,(H,12,14). The molecule has 1 aromatic heterocycles. The predicted molar refractivity (Wildman–Crippen MR) is 58.3 cm³/mol. The van der Waals surface area contributed by atoms with E-state index in [0.717, 1.165) is 22.3 Å². The SMILES string of the molecule is C=C(C)n1c(=O)[nH]c2cc(C)ccc21.